The number of unbranched alkanes of at least 4 members (excludes halogenated alkanes) is 1. The Morgan fingerprint density at radius 2 is 1.73 bits per heavy atom. The number of benzene rings is 1. The largest absolute Gasteiger partial charge is 0.331 e. The smallest absolute Gasteiger partial charge is 0.178 e. The summed E-state index contributed by atoms with van der Waals surface area (Å²) in [5, 5.41) is 0. The SMILES string of the molecule is S=c1[nH]c2ccccc2n1CCCCC1CCN(C2CCCCC2)CC1. The van der Waals surface area contributed by atoms with E-state index in [4.69, 9.17) is 12.2 Å². The lowest BCUT2D eigenvalue weighted by molar-refractivity contribution is 0.103. The zero-order valence-corrected chi connectivity index (χ0v) is 16.8. The van der Waals surface area contributed by atoms with Crippen LogP contribution in [-0.2, 0) is 6.54 Å². The highest BCUT2D eigenvalue weighted by atomic mass is 32.1. The minimum absolute atomic E-state index is 0.868. The highest BCUT2D eigenvalue weighted by Gasteiger charge is 2.25. The van der Waals surface area contributed by atoms with Crippen molar-refractivity contribution in [1.29, 1.82) is 0 Å². The first kappa shape index (κ1) is 18.2. The summed E-state index contributed by atoms with van der Waals surface area (Å²) in [5.74, 6) is 0.950. The zero-order chi connectivity index (χ0) is 17.8. The zero-order valence-electron chi connectivity index (χ0n) is 16.0. The predicted molar refractivity (Wildman–Crippen MR) is 112 cm³/mol. The minimum atomic E-state index is 0.868. The Labute approximate surface area is 162 Å². The van der Waals surface area contributed by atoms with Gasteiger partial charge in [0.25, 0.3) is 0 Å². The molecule has 2 aliphatic rings. The number of likely N-dealkylation sites (tertiary alicyclic amines) is 1. The summed E-state index contributed by atoms with van der Waals surface area (Å²) >= 11 is 5.50. The first-order valence-corrected chi connectivity index (χ1v) is 11.1. The third kappa shape index (κ3) is 4.23. The number of H-pyrrole nitrogens is 1. The fourth-order valence-electron chi connectivity index (χ4n) is 5.08. The molecule has 1 saturated heterocycles. The van der Waals surface area contributed by atoms with Crippen molar-refractivity contribution in [2.45, 2.75) is 76.8 Å². The average Bonchev–Trinajstić information content (AvgIpc) is 3.01. The number of para-hydroxylation sites is 2. The molecule has 1 saturated carbocycles. The molecule has 1 aromatic heterocycles. The van der Waals surface area contributed by atoms with E-state index in [1.807, 2.05) is 0 Å². The monoisotopic (exact) mass is 371 g/mol. The van der Waals surface area contributed by atoms with Crippen molar-refractivity contribution < 1.29 is 0 Å². The number of nitrogens with zero attached hydrogens (tertiary/aromatic N) is 2. The average molecular weight is 372 g/mol. The lowest BCUT2D eigenvalue weighted by Crippen LogP contribution is -2.42. The summed E-state index contributed by atoms with van der Waals surface area (Å²) in [6.07, 6.45) is 14.1. The van der Waals surface area contributed by atoms with Crippen LogP contribution in [0.1, 0.15) is 64.2 Å². The van der Waals surface area contributed by atoms with E-state index in [9.17, 15) is 0 Å². The molecule has 0 atom stereocenters. The van der Waals surface area contributed by atoms with Gasteiger partial charge >= 0.3 is 0 Å². The number of hydrogen-bond donors (Lipinski definition) is 1. The lowest BCUT2D eigenvalue weighted by Gasteiger charge is -2.39. The number of aromatic amines is 1. The standard InChI is InChI=1S/C22H33N3S/c26-22-23-20-11-4-5-12-21(20)25(22)15-7-6-8-18-13-16-24(17-14-18)19-9-2-1-3-10-19/h4-5,11-12,18-19H,1-3,6-10,13-17H2,(H,23,26). The molecule has 4 heteroatoms. The van der Waals surface area contributed by atoms with Gasteiger partial charge in [0.2, 0.25) is 0 Å². The maximum atomic E-state index is 5.50. The number of piperidine rings is 1. The minimum Gasteiger partial charge on any atom is -0.331 e. The maximum absolute atomic E-state index is 5.50. The molecule has 2 heterocycles. The number of nitrogens with one attached hydrogen (secondary N) is 1. The Hall–Kier alpha value is -1.13. The third-order valence-corrected chi connectivity index (χ3v) is 6.99. The van der Waals surface area contributed by atoms with Gasteiger partial charge < -0.3 is 14.5 Å². The van der Waals surface area contributed by atoms with Crippen LogP contribution in [0.5, 0.6) is 0 Å². The van der Waals surface area contributed by atoms with Crippen molar-refractivity contribution in [3.63, 3.8) is 0 Å². The summed E-state index contributed by atoms with van der Waals surface area (Å²) in [7, 11) is 0. The second-order valence-electron chi connectivity index (χ2n) is 8.37. The Bertz CT molecular complexity index is 748. The Morgan fingerprint density at radius 3 is 2.54 bits per heavy atom. The van der Waals surface area contributed by atoms with Crippen molar-refractivity contribution in [2.24, 2.45) is 5.92 Å². The summed E-state index contributed by atoms with van der Waals surface area (Å²) in [6.45, 7) is 3.75. The van der Waals surface area contributed by atoms with Crippen LogP contribution < -0.4 is 0 Å². The van der Waals surface area contributed by atoms with Crippen molar-refractivity contribution in [3.05, 3.63) is 29.0 Å². The maximum Gasteiger partial charge on any atom is 0.178 e. The van der Waals surface area contributed by atoms with Crippen molar-refractivity contribution in [2.75, 3.05) is 13.1 Å². The van der Waals surface area contributed by atoms with E-state index in [0.29, 0.717) is 0 Å². The molecule has 4 rings (SSSR count). The molecule has 0 unspecified atom stereocenters. The molecule has 3 nitrogen and oxygen atoms in total. The van der Waals surface area contributed by atoms with Crippen LogP contribution in [0, 0.1) is 10.7 Å². The fraction of sp³-hybridized carbons (Fsp3) is 0.682. The molecular weight excluding hydrogens is 338 g/mol. The number of rotatable bonds is 6. The molecule has 2 fully saturated rings. The van der Waals surface area contributed by atoms with Gasteiger partial charge in [0, 0.05) is 12.6 Å². The van der Waals surface area contributed by atoms with Crippen LogP contribution in [0.25, 0.3) is 11.0 Å². The van der Waals surface area contributed by atoms with E-state index in [0.717, 1.165) is 28.8 Å². The van der Waals surface area contributed by atoms with E-state index < -0.39 is 0 Å². The van der Waals surface area contributed by atoms with Crippen LogP contribution in [0.2, 0.25) is 0 Å². The molecule has 0 bridgehead atoms. The molecule has 2 aromatic rings. The van der Waals surface area contributed by atoms with Crippen LogP contribution in [0.4, 0.5) is 0 Å². The molecule has 1 aliphatic carbocycles. The van der Waals surface area contributed by atoms with E-state index in [1.165, 1.54) is 82.8 Å². The van der Waals surface area contributed by atoms with Gasteiger partial charge in [-0.3, -0.25) is 0 Å². The van der Waals surface area contributed by atoms with Gasteiger partial charge in [-0.05, 0) is 75.5 Å². The molecule has 0 spiro atoms. The molecule has 1 aromatic carbocycles. The van der Waals surface area contributed by atoms with Gasteiger partial charge in [-0.2, -0.15) is 0 Å². The van der Waals surface area contributed by atoms with E-state index in [-0.39, 0.29) is 0 Å². The van der Waals surface area contributed by atoms with Gasteiger partial charge in [0.15, 0.2) is 4.77 Å². The summed E-state index contributed by atoms with van der Waals surface area (Å²) in [5.41, 5.74) is 2.41. The molecule has 0 amide bonds. The second kappa shape index (κ2) is 8.71. The van der Waals surface area contributed by atoms with Gasteiger partial charge in [-0.15, -0.1) is 0 Å². The Kier molecular flexibility index (Phi) is 6.11. The summed E-state index contributed by atoms with van der Waals surface area (Å²) in [4.78, 5) is 6.13. The quantitative estimate of drug-likeness (QED) is 0.504. The van der Waals surface area contributed by atoms with Crippen molar-refractivity contribution in [1.82, 2.24) is 14.5 Å². The number of imidazole rings is 1. The molecule has 142 valence electrons. The lowest BCUT2D eigenvalue weighted by atomic mass is 9.88. The van der Waals surface area contributed by atoms with Crippen LogP contribution in [0.15, 0.2) is 24.3 Å². The Morgan fingerprint density at radius 1 is 0.962 bits per heavy atom. The van der Waals surface area contributed by atoms with E-state index in [1.54, 1.807) is 0 Å². The van der Waals surface area contributed by atoms with Crippen molar-refractivity contribution >= 4 is 23.3 Å². The van der Waals surface area contributed by atoms with Crippen LogP contribution >= 0.6 is 12.2 Å². The summed E-state index contributed by atoms with van der Waals surface area (Å²) in [6, 6.07) is 9.36. The molecule has 26 heavy (non-hydrogen) atoms. The summed E-state index contributed by atoms with van der Waals surface area (Å²) < 4.78 is 3.14. The normalized spacial score (nSPS) is 20.8. The number of fused-ring (bicyclic) bond motifs is 1. The third-order valence-electron chi connectivity index (χ3n) is 6.67. The van der Waals surface area contributed by atoms with Gasteiger partial charge in [0.05, 0.1) is 11.0 Å². The van der Waals surface area contributed by atoms with E-state index in [2.05, 4.69) is 38.7 Å². The van der Waals surface area contributed by atoms with E-state index >= 15 is 0 Å². The first-order valence-electron chi connectivity index (χ1n) is 10.7. The molecule has 0 radical (unpaired) electrons. The van der Waals surface area contributed by atoms with Crippen molar-refractivity contribution in [3.8, 4) is 0 Å². The second-order valence-corrected chi connectivity index (χ2v) is 8.75. The van der Waals surface area contributed by atoms with Crippen LogP contribution in [-0.4, -0.2) is 33.6 Å². The number of aryl methyl sites for hydroxylation is 1. The highest BCUT2D eigenvalue weighted by Crippen LogP contribution is 2.29. The number of aromatic nitrogens is 2. The Balaban J connectivity index is 1.20. The number of hydrogen-bond acceptors (Lipinski definition) is 2. The van der Waals surface area contributed by atoms with Gasteiger partial charge in [0.1, 0.15) is 0 Å². The van der Waals surface area contributed by atoms with Gasteiger partial charge in [-0.25, -0.2) is 0 Å². The molecular formula is C22H33N3S. The molecule has 1 N–H and O–H groups in total. The topological polar surface area (TPSA) is 24.0 Å². The highest BCUT2D eigenvalue weighted by molar-refractivity contribution is 7.71. The van der Waals surface area contributed by atoms with Crippen LogP contribution in [0.3, 0.4) is 0 Å². The van der Waals surface area contributed by atoms with Gasteiger partial charge in [-0.1, -0.05) is 44.2 Å². The molecule has 1 aliphatic heterocycles. The predicted octanol–water partition coefficient (Wildman–Crippen LogP) is 5.91. The fourth-order valence-corrected chi connectivity index (χ4v) is 5.38. The first-order chi connectivity index (χ1) is 12.8.